The second-order valence-corrected chi connectivity index (χ2v) is 7.94. The number of carbonyl (C=O) groups excluding carboxylic acids is 1. The van der Waals surface area contributed by atoms with E-state index in [9.17, 15) is 4.79 Å². The van der Waals surface area contributed by atoms with Gasteiger partial charge in [0.15, 0.2) is 11.8 Å². The first-order valence-electron chi connectivity index (χ1n) is 10.9. The van der Waals surface area contributed by atoms with Gasteiger partial charge in [0.05, 0.1) is 18.3 Å². The van der Waals surface area contributed by atoms with Gasteiger partial charge in [-0.2, -0.15) is 5.10 Å². The summed E-state index contributed by atoms with van der Waals surface area (Å²) in [5, 5.41) is 11.2. The number of nitrogens with zero attached hydrogens (tertiary/aromatic N) is 5. The number of para-hydroxylation sites is 1. The molecule has 0 saturated carbocycles. The Morgan fingerprint density at radius 2 is 1.97 bits per heavy atom. The largest absolute Gasteiger partial charge is 0.357 e. The fourth-order valence-electron chi connectivity index (χ4n) is 3.84. The molecule has 9 heteroatoms. The third kappa shape index (κ3) is 6.10. The highest BCUT2D eigenvalue weighted by Crippen LogP contribution is 2.21. The maximum Gasteiger partial charge on any atom is 0.229 e. The molecule has 2 N–H and O–H groups in total. The summed E-state index contributed by atoms with van der Waals surface area (Å²) in [5.41, 5.74) is 3.95. The topological polar surface area (TPSA) is 87.4 Å². The molecule has 1 unspecified atom stereocenters. The van der Waals surface area contributed by atoms with Crippen LogP contribution < -0.4 is 15.5 Å². The van der Waals surface area contributed by atoms with Crippen LogP contribution in [-0.2, 0) is 11.3 Å². The van der Waals surface area contributed by atoms with Gasteiger partial charge in [0.25, 0.3) is 0 Å². The van der Waals surface area contributed by atoms with Crippen molar-refractivity contribution in [1.82, 2.24) is 25.4 Å². The van der Waals surface area contributed by atoms with Crippen LogP contribution >= 0.6 is 24.0 Å². The molecule has 0 bridgehead atoms. The number of benzene rings is 1. The van der Waals surface area contributed by atoms with Gasteiger partial charge >= 0.3 is 0 Å². The maximum atomic E-state index is 12.5. The predicted molar refractivity (Wildman–Crippen MR) is 141 cm³/mol. The van der Waals surface area contributed by atoms with Crippen LogP contribution in [0, 0.1) is 13.8 Å². The lowest BCUT2D eigenvalue weighted by molar-refractivity contribution is -0.117. The third-order valence-corrected chi connectivity index (χ3v) is 5.33. The highest BCUT2D eigenvalue weighted by molar-refractivity contribution is 14.0. The van der Waals surface area contributed by atoms with E-state index in [0.29, 0.717) is 25.5 Å². The fourth-order valence-corrected chi connectivity index (χ4v) is 3.84. The third-order valence-electron chi connectivity index (χ3n) is 5.33. The monoisotopic (exact) mass is 559 g/mol. The van der Waals surface area contributed by atoms with Gasteiger partial charge in [0.2, 0.25) is 5.91 Å². The van der Waals surface area contributed by atoms with Crippen molar-refractivity contribution in [1.29, 1.82) is 0 Å². The molecule has 8 nitrogen and oxygen atoms in total. The zero-order valence-corrected chi connectivity index (χ0v) is 21.5. The molecule has 1 aliphatic heterocycles. The summed E-state index contributed by atoms with van der Waals surface area (Å²) in [4.78, 5) is 23.5. The second-order valence-electron chi connectivity index (χ2n) is 7.94. The molecule has 2 aromatic heterocycles. The fraction of sp³-hybridized carbons (Fsp3) is 0.333. The zero-order chi connectivity index (χ0) is 22.5. The summed E-state index contributed by atoms with van der Waals surface area (Å²) >= 11 is 0. The molecule has 3 aromatic rings. The predicted octanol–water partition coefficient (Wildman–Crippen LogP) is 3.36. The summed E-state index contributed by atoms with van der Waals surface area (Å²) in [5.74, 6) is 1.61. The summed E-state index contributed by atoms with van der Waals surface area (Å²) in [6.07, 6.45) is 2.27. The lowest BCUT2D eigenvalue weighted by atomic mass is 10.2. The van der Waals surface area contributed by atoms with Gasteiger partial charge in [0.1, 0.15) is 0 Å². The number of rotatable bonds is 6. The van der Waals surface area contributed by atoms with Gasteiger partial charge in [-0.1, -0.05) is 24.3 Å². The Labute approximate surface area is 211 Å². The van der Waals surface area contributed by atoms with Gasteiger partial charge < -0.3 is 15.5 Å². The molecule has 33 heavy (non-hydrogen) atoms. The van der Waals surface area contributed by atoms with Crippen LogP contribution in [0.25, 0.3) is 5.82 Å². The molecule has 1 saturated heterocycles. The van der Waals surface area contributed by atoms with E-state index in [0.717, 1.165) is 35.0 Å². The van der Waals surface area contributed by atoms with Gasteiger partial charge in [-0.05, 0) is 50.6 Å². The molecule has 4 rings (SSSR count). The molecule has 1 atom stereocenters. The van der Waals surface area contributed by atoms with Crippen molar-refractivity contribution in [2.45, 2.75) is 39.8 Å². The molecule has 1 fully saturated rings. The lowest BCUT2D eigenvalue weighted by Gasteiger charge is -2.19. The average Bonchev–Trinajstić information content (AvgIpc) is 3.33. The Hall–Kier alpha value is -2.95. The lowest BCUT2D eigenvalue weighted by Crippen LogP contribution is -2.44. The molecule has 3 heterocycles. The molecular formula is C24H30IN7O. The number of guanidine groups is 1. The van der Waals surface area contributed by atoms with Crippen LogP contribution in [0.1, 0.15) is 30.3 Å². The summed E-state index contributed by atoms with van der Waals surface area (Å²) in [6, 6.07) is 15.8. The number of halogens is 1. The van der Waals surface area contributed by atoms with Gasteiger partial charge in [-0.3, -0.25) is 4.79 Å². The minimum absolute atomic E-state index is 0. The number of aryl methyl sites for hydroxylation is 2. The van der Waals surface area contributed by atoms with E-state index in [4.69, 9.17) is 4.99 Å². The number of nitrogens with one attached hydrogen (secondary N) is 2. The smallest absolute Gasteiger partial charge is 0.229 e. The molecular weight excluding hydrogens is 529 g/mol. The van der Waals surface area contributed by atoms with Crippen molar-refractivity contribution in [3.8, 4) is 5.82 Å². The van der Waals surface area contributed by atoms with E-state index in [1.54, 1.807) is 0 Å². The van der Waals surface area contributed by atoms with Crippen molar-refractivity contribution in [3.05, 3.63) is 71.7 Å². The molecule has 1 amide bonds. The Kier molecular flexibility index (Phi) is 8.43. The van der Waals surface area contributed by atoms with Crippen LogP contribution in [0.5, 0.6) is 0 Å². The first kappa shape index (κ1) is 24.7. The highest BCUT2D eigenvalue weighted by atomic mass is 127. The molecule has 0 spiro atoms. The number of pyridine rings is 1. The van der Waals surface area contributed by atoms with E-state index in [2.05, 4.69) is 20.7 Å². The van der Waals surface area contributed by atoms with Gasteiger partial charge in [0, 0.05) is 37.1 Å². The molecule has 1 aromatic carbocycles. The van der Waals surface area contributed by atoms with Crippen LogP contribution in [-0.4, -0.2) is 45.8 Å². The Bertz CT molecular complexity index is 1100. The van der Waals surface area contributed by atoms with Gasteiger partial charge in [-0.25, -0.2) is 14.7 Å². The second kappa shape index (κ2) is 11.3. The molecule has 0 aliphatic carbocycles. The number of hydrogen-bond donors (Lipinski definition) is 2. The number of hydrogen-bond acceptors (Lipinski definition) is 4. The Balaban J connectivity index is 0.00000306. The van der Waals surface area contributed by atoms with Crippen molar-refractivity contribution in [2.75, 3.05) is 18.0 Å². The number of carbonyl (C=O) groups is 1. The van der Waals surface area contributed by atoms with E-state index in [1.807, 2.05) is 85.1 Å². The Morgan fingerprint density at radius 3 is 2.61 bits per heavy atom. The first-order valence-corrected chi connectivity index (χ1v) is 10.9. The highest BCUT2D eigenvalue weighted by Gasteiger charge is 2.31. The number of aliphatic imine (C=N–C) groups is 1. The zero-order valence-electron chi connectivity index (χ0n) is 19.2. The number of amides is 1. The van der Waals surface area contributed by atoms with E-state index in [1.165, 1.54) is 0 Å². The van der Waals surface area contributed by atoms with Crippen molar-refractivity contribution < 1.29 is 4.79 Å². The average molecular weight is 559 g/mol. The quantitative estimate of drug-likeness (QED) is 0.275. The van der Waals surface area contributed by atoms with Gasteiger partial charge in [-0.15, -0.1) is 24.0 Å². The summed E-state index contributed by atoms with van der Waals surface area (Å²) < 4.78 is 1.84. The van der Waals surface area contributed by atoms with Crippen LogP contribution in [0.4, 0.5) is 5.69 Å². The standard InChI is InChI=1S/C24H29N7O.HI/c1-4-25-24(28-20-13-23(32)30(16-20)21-8-6-5-7-9-21)27-15-19-10-11-22(26-14-19)31-18(3)12-17(2)29-31;/h5-12,14,20H,4,13,15-16H2,1-3H3,(H2,25,27,28);1H. The van der Waals surface area contributed by atoms with Crippen molar-refractivity contribution in [3.63, 3.8) is 0 Å². The molecule has 0 radical (unpaired) electrons. The Morgan fingerprint density at radius 1 is 1.18 bits per heavy atom. The number of anilines is 1. The summed E-state index contributed by atoms with van der Waals surface area (Å²) in [7, 11) is 0. The maximum absolute atomic E-state index is 12.5. The number of aromatic nitrogens is 3. The summed E-state index contributed by atoms with van der Waals surface area (Å²) in [6.45, 7) is 7.86. The SMILES string of the molecule is CCNC(=NCc1ccc(-n2nc(C)cc2C)nc1)NC1CC(=O)N(c2ccccc2)C1.I. The van der Waals surface area contributed by atoms with Crippen LogP contribution in [0.2, 0.25) is 0 Å². The van der Waals surface area contributed by atoms with Crippen molar-refractivity contribution >= 4 is 41.5 Å². The first-order chi connectivity index (χ1) is 15.5. The van der Waals surface area contributed by atoms with E-state index >= 15 is 0 Å². The molecule has 174 valence electrons. The van der Waals surface area contributed by atoms with Crippen molar-refractivity contribution in [2.24, 2.45) is 4.99 Å². The normalized spacial score (nSPS) is 16.0. The molecule has 1 aliphatic rings. The minimum Gasteiger partial charge on any atom is -0.357 e. The van der Waals surface area contributed by atoms with Crippen LogP contribution in [0.3, 0.4) is 0 Å². The van der Waals surface area contributed by atoms with E-state index < -0.39 is 0 Å². The van der Waals surface area contributed by atoms with E-state index in [-0.39, 0.29) is 35.9 Å². The minimum atomic E-state index is 0. The van der Waals surface area contributed by atoms with Crippen LogP contribution in [0.15, 0.2) is 59.7 Å².